The van der Waals surface area contributed by atoms with Crippen LogP contribution in [0, 0.1) is 0 Å². The molecule has 0 atom stereocenters. The Labute approximate surface area is 143 Å². The number of hydrogen-bond donors (Lipinski definition) is 0. The second-order valence-corrected chi connectivity index (χ2v) is 5.45. The first-order valence-electron chi connectivity index (χ1n) is 8.59. The first-order valence-corrected chi connectivity index (χ1v) is 8.59. The zero-order valence-electron chi connectivity index (χ0n) is 14.2. The van der Waals surface area contributed by atoms with E-state index < -0.39 is 0 Å². The van der Waals surface area contributed by atoms with Crippen LogP contribution in [-0.2, 0) is 41.9 Å². The second-order valence-electron chi connectivity index (χ2n) is 5.45. The highest BCUT2D eigenvalue weighted by Gasteiger charge is 2.03. The summed E-state index contributed by atoms with van der Waals surface area (Å²) < 4.78 is 22.3. The monoisotopic (exact) mass is 340 g/mol. The maximum Gasteiger partial charge on any atom is 0.106 e. The van der Waals surface area contributed by atoms with E-state index in [1.165, 1.54) is 0 Å². The lowest BCUT2D eigenvalue weighted by molar-refractivity contribution is -0.299. The van der Waals surface area contributed by atoms with Crippen LogP contribution >= 0.6 is 0 Å². The van der Waals surface area contributed by atoms with Crippen LogP contribution in [0.5, 0.6) is 0 Å². The van der Waals surface area contributed by atoms with Crippen molar-refractivity contribution in [2.75, 3.05) is 52.9 Å². The van der Waals surface area contributed by atoms with Crippen molar-refractivity contribution in [2.45, 2.75) is 26.1 Å². The fourth-order valence-electron chi connectivity index (χ4n) is 2.22. The van der Waals surface area contributed by atoms with E-state index in [1.807, 2.05) is 12.1 Å². The van der Waals surface area contributed by atoms with Gasteiger partial charge >= 0.3 is 0 Å². The summed E-state index contributed by atoms with van der Waals surface area (Å²) in [5.74, 6) is 0. The molecule has 0 unspecified atom stereocenters. The zero-order chi connectivity index (χ0) is 16.7. The van der Waals surface area contributed by atoms with Crippen molar-refractivity contribution in [1.82, 2.24) is 0 Å². The van der Waals surface area contributed by atoms with Crippen molar-refractivity contribution in [2.24, 2.45) is 0 Å². The van der Waals surface area contributed by atoms with Crippen molar-refractivity contribution < 1.29 is 28.7 Å². The third kappa shape index (κ3) is 8.73. The van der Waals surface area contributed by atoms with Gasteiger partial charge in [0, 0.05) is 6.61 Å². The SMILES string of the molecule is c1ccc2c(c1)COCCOCCCCOOCCOCCOC2. The highest BCUT2D eigenvalue weighted by atomic mass is 17.2. The third-order valence-corrected chi connectivity index (χ3v) is 3.54. The van der Waals surface area contributed by atoms with Gasteiger partial charge in [0.15, 0.2) is 0 Å². The van der Waals surface area contributed by atoms with Crippen LogP contribution in [0.15, 0.2) is 24.3 Å². The van der Waals surface area contributed by atoms with Crippen LogP contribution in [-0.4, -0.2) is 52.9 Å². The van der Waals surface area contributed by atoms with Gasteiger partial charge in [0.2, 0.25) is 0 Å². The van der Waals surface area contributed by atoms with Crippen molar-refractivity contribution in [3.63, 3.8) is 0 Å². The highest BCUT2D eigenvalue weighted by molar-refractivity contribution is 5.25. The molecular weight excluding hydrogens is 312 g/mol. The van der Waals surface area contributed by atoms with E-state index in [4.69, 9.17) is 28.7 Å². The molecule has 0 aromatic heterocycles. The van der Waals surface area contributed by atoms with Crippen molar-refractivity contribution in [3.8, 4) is 0 Å². The molecule has 0 N–H and O–H groups in total. The van der Waals surface area contributed by atoms with Gasteiger partial charge in [-0.1, -0.05) is 24.3 Å². The van der Waals surface area contributed by atoms with Gasteiger partial charge in [-0.25, -0.2) is 9.78 Å². The quantitative estimate of drug-likeness (QED) is 0.677. The molecule has 0 saturated heterocycles. The molecule has 1 aromatic carbocycles. The van der Waals surface area contributed by atoms with Crippen LogP contribution in [0.1, 0.15) is 24.0 Å². The normalized spacial score (nSPS) is 20.8. The number of hydrogen-bond acceptors (Lipinski definition) is 6. The Kier molecular flexibility index (Phi) is 10.7. The molecule has 0 saturated carbocycles. The average molecular weight is 340 g/mol. The van der Waals surface area contributed by atoms with Crippen LogP contribution in [0.25, 0.3) is 0 Å². The minimum absolute atomic E-state index is 0.427. The molecule has 1 aliphatic heterocycles. The van der Waals surface area contributed by atoms with Crippen LogP contribution in [0.4, 0.5) is 0 Å². The molecular formula is C18H28O6. The fourth-order valence-corrected chi connectivity index (χ4v) is 2.22. The summed E-state index contributed by atoms with van der Waals surface area (Å²) >= 11 is 0. The highest BCUT2D eigenvalue weighted by Crippen LogP contribution is 2.11. The smallest absolute Gasteiger partial charge is 0.106 e. The van der Waals surface area contributed by atoms with E-state index >= 15 is 0 Å². The molecule has 0 fully saturated rings. The molecule has 24 heavy (non-hydrogen) atoms. The number of rotatable bonds is 0. The number of fused-ring (bicyclic) bond motifs is 1. The predicted molar refractivity (Wildman–Crippen MR) is 88.5 cm³/mol. The van der Waals surface area contributed by atoms with E-state index in [0.29, 0.717) is 66.1 Å². The Bertz CT molecular complexity index is 387. The van der Waals surface area contributed by atoms with Gasteiger partial charge in [-0.3, -0.25) is 0 Å². The minimum Gasteiger partial charge on any atom is -0.379 e. The van der Waals surface area contributed by atoms with Crippen LogP contribution in [0.3, 0.4) is 0 Å². The topological polar surface area (TPSA) is 55.4 Å². The Morgan fingerprint density at radius 3 is 1.71 bits per heavy atom. The van der Waals surface area contributed by atoms with E-state index in [9.17, 15) is 0 Å². The fraction of sp³-hybridized carbons (Fsp3) is 0.667. The summed E-state index contributed by atoms with van der Waals surface area (Å²) in [6, 6.07) is 8.16. The molecule has 2 rings (SSSR count). The summed E-state index contributed by atoms with van der Waals surface area (Å²) in [5.41, 5.74) is 2.29. The molecule has 1 aliphatic rings. The van der Waals surface area contributed by atoms with E-state index in [-0.39, 0.29) is 0 Å². The average Bonchev–Trinajstić information content (AvgIpc) is 2.61. The molecule has 0 aliphatic carbocycles. The number of ether oxygens (including phenoxy) is 4. The van der Waals surface area contributed by atoms with Crippen molar-refractivity contribution >= 4 is 0 Å². The number of benzene rings is 1. The summed E-state index contributed by atoms with van der Waals surface area (Å²) in [5, 5.41) is 0. The van der Waals surface area contributed by atoms with E-state index in [2.05, 4.69) is 12.1 Å². The van der Waals surface area contributed by atoms with Gasteiger partial charge in [-0.05, 0) is 24.0 Å². The molecule has 1 aromatic rings. The first-order chi connectivity index (χ1) is 12.0. The van der Waals surface area contributed by atoms with Crippen molar-refractivity contribution in [3.05, 3.63) is 35.4 Å². The van der Waals surface area contributed by atoms with Gasteiger partial charge in [0.05, 0.1) is 52.9 Å². The maximum absolute atomic E-state index is 5.69. The first kappa shape index (κ1) is 19.3. The lowest BCUT2D eigenvalue weighted by Gasteiger charge is -2.12. The Balaban J connectivity index is 1.75. The van der Waals surface area contributed by atoms with Crippen molar-refractivity contribution in [1.29, 1.82) is 0 Å². The van der Waals surface area contributed by atoms with Crippen LogP contribution in [0.2, 0.25) is 0 Å². The lowest BCUT2D eigenvalue weighted by atomic mass is 10.1. The molecule has 0 amide bonds. The van der Waals surface area contributed by atoms with E-state index in [0.717, 1.165) is 24.0 Å². The van der Waals surface area contributed by atoms with Gasteiger partial charge < -0.3 is 18.9 Å². The van der Waals surface area contributed by atoms with Gasteiger partial charge in [0.1, 0.15) is 6.61 Å². The molecule has 136 valence electrons. The summed E-state index contributed by atoms with van der Waals surface area (Å²) in [7, 11) is 0. The van der Waals surface area contributed by atoms with Gasteiger partial charge in [-0.15, -0.1) is 0 Å². The molecule has 1 heterocycles. The second kappa shape index (κ2) is 13.3. The Morgan fingerprint density at radius 1 is 0.500 bits per heavy atom. The van der Waals surface area contributed by atoms with E-state index in [1.54, 1.807) is 0 Å². The lowest BCUT2D eigenvalue weighted by Crippen LogP contribution is -2.11. The molecule has 0 spiro atoms. The Hall–Kier alpha value is -1.02. The summed E-state index contributed by atoms with van der Waals surface area (Å²) in [4.78, 5) is 10.1. The molecule has 0 bridgehead atoms. The molecule has 0 radical (unpaired) electrons. The standard InChI is InChI=1S/C18H28O6/c1-2-6-18-16-22-12-10-20-13-14-24-23-8-4-3-7-19-9-11-21-15-17(18)5-1/h1-2,5-6H,3-4,7-16H2. The third-order valence-electron chi connectivity index (χ3n) is 3.54. The summed E-state index contributed by atoms with van der Waals surface area (Å²) in [6.45, 7) is 5.61. The Morgan fingerprint density at radius 2 is 1.00 bits per heavy atom. The van der Waals surface area contributed by atoms with Gasteiger partial charge in [0.25, 0.3) is 0 Å². The maximum atomic E-state index is 5.69. The molecule has 6 heteroatoms. The molecule has 6 nitrogen and oxygen atoms in total. The predicted octanol–water partition coefficient (Wildman–Crippen LogP) is 2.50. The largest absolute Gasteiger partial charge is 0.379 e. The minimum atomic E-state index is 0.427. The summed E-state index contributed by atoms with van der Waals surface area (Å²) in [6.07, 6.45) is 1.85. The van der Waals surface area contributed by atoms with Crippen LogP contribution < -0.4 is 0 Å². The zero-order valence-corrected chi connectivity index (χ0v) is 14.2. The van der Waals surface area contributed by atoms with Gasteiger partial charge in [-0.2, -0.15) is 0 Å².